The van der Waals surface area contributed by atoms with Crippen LogP contribution in [0, 0.1) is 12.8 Å². The molecule has 0 radical (unpaired) electrons. The maximum Gasteiger partial charge on any atom is 0.251 e. The molecule has 2 atom stereocenters. The molecule has 1 saturated carbocycles. The SMILES string of the molecule is CCC(=O)C1(c2cc(Cl)ccc2C)CCCCC(CCOc2ccc3c(c2)CNC3=O)CC1. The number of hydrogen-bond donors (Lipinski definition) is 1. The molecule has 5 heteroatoms. The maximum absolute atomic E-state index is 13.3. The van der Waals surface area contributed by atoms with Gasteiger partial charge in [-0.3, -0.25) is 9.59 Å². The van der Waals surface area contributed by atoms with Crippen molar-refractivity contribution in [3.05, 3.63) is 63.7 Å². The fourth-order valence-electron chi connectivity index (χ4n) is 5.66. The molecule has 0 aromatic heterocycles. The largest absolute Gasteiger partial charge is 0.494 e. The van der Waals surface area contributed by atoms with Gasteiger partial charge < -0.3 is 10.1 Å². The molecule has 4 nitrogen and oxygen atoms in total. The molecule has 0 bridgehead atoms. The Morgan fingerprint density at radius 1 is 1.15 bits per heavy atom. The molecule has 1 aliphatic carbocycles. The van der Waals surface area contributed by atoms with Crippen LogP contribution in [0.4, 0.5) is 0 Å². The van der Waals surface area contributed by atoms with E-state index in [2.05, 4.69) is 12.2 Å². The second-order valence-electron chi connectivity index (χ2n) is 9.61. The molecule has 1 N–H and O–H groups in total. The Hall–Kier alpha value is -2.33. The van der Waals surface area contributed by atoms with E-state index in [1.807, 2.05) is 43.3 Å². The number of nitrogens with one attached hydrogen (secondary N) is 1. The Labute approximate surface area is 202 Å². The first-order valence-corrected chi connectivity index (χ1v) is 12.6. The van der Waals surface area contributed by atoms with Crippen LogP contribution < -0.4 is 10.1 Å². The number of ether oxygens (including phenoxy) is 1. The lowest BCUT2D eigenvalue weighted by atomic mass is 9.65. The Morgan fingerprint density at radius 2 is 2.00 bits per heavy atom. The second kappa shape index (κ2) is 10.3. The molecule has 1 amide bonds. The molecule has 2 aliphatic rings. The summed E-state index contributed by atoms with van der Waals surface area (Å²) >= 11 is 6.37. The highest BCUT2D eigenvalue weighted by atomic mass is 35.5. The third-order valence-corrected chi connectivity index (χ3v) is 7.81. The third kappa shape index (κ3) is 5.11. The summed E-state index contributed by atoms with van der Waals surface area (Å²) in [6.45, 7) is 5.30. The van der Waals surface area contributed by atoms with E-state index in [-0.39, 0.29) is 5.91 Å². The van der Waals surface area contributed by atoms with Gasteiger partial charge in [0.1, 0.15) is 11.5 Å². The fourth-order valence-corrected chi connectivity index (χ4v) is 5.83. The molecule has 0 spiro atoms. The van der Waals surface area contributed by atoms with Crippen molar-refractivity contribution >= 4 is 23.3 Å². The molecule has 33 heavy (non-hydrogen) atoms. The monoisotopic (exact) mass is 467 g/mol. The van der Waals surface area contributed by atoms with Gasteiger partial charge in [-0.25, -0.2) is 0 Å². The minimum atomic E-state index is -0.428. The molecule has 0 saturated heterocycles. The highest BCUT2D eigenvalue weighted by Crippen LogP contribution is 2.43. The molecule has 2 unspecified atom stereocenters. The van der Waals surface area contributed by atoms with Crippen molar-refractivity contribution in [2.45, 2.75) is 77.2 Å². The van der Waals surface area contributed by atoms with Gasteiger partial charge in [-0.05, 0) is 85.5 Å². The zero-order valence-corrected chi connectivity index (χ0v) is 20.5. The minimum absolute atomic E-state index is 0.00822. The van der Waals surface area contributed by atoms with E-state index in [0.29, 0.717) is 36.3 Å². The Kier molecular flexibility index (Phi) is 7.43. The minimum Gasteiger partial charge on any atom is -0.494 e. The lowest BCUT2D eigenvalue weighted by molar-refractivity contribution is -0.125. The zero-order chi connectivity index (χ0) is 23.4. The molecule has 4 rings (SSSR count). The van der Waals surface area contributed by atoms with Crippen LogP contribution in [0.5, 0.6) is 5.75 Å². The average Bonchev–Trinajstić information content (AvgIpc) is 3.17. The van der Waals surface area contributed by atoms with E-state index in [4.69, 9.17) is 16.3 Å². The Bertz CT molecular complexity index is 1030. The molecule has 176 valence electrons. The Morgan fingerprint density at radius 3 is 2.82 bits per heavy atom. The van der Waals surface area contributed by atoms with Crippen molar-refractivity contribution in [3.63, 3.8) is 0 Å². The highest BCUT2D eigenvalue weighted by molar-refractivity contribution is 6.30. The number of benzene rings is 2. The first-order valence-electron chi connectivity index (χ1n) is 12.3. The number of carbonyl (C=O) groups is 2. The van der Waals surface area contributed by atoms with E-state index in [1.54, 1.807) is 0 Å². The third-order valence-electron chi connectivity index (χ3n) is 7.57. The topological polar surface area (TPSA) is 55.4 Å². The number of aryl methyl sites for hydroxylation is 1. The van der Waals surface area contributed by atoms with E-state index in [9.17, 15) is 9.59 Å². The van der Waals surface area contributed by atoms with Gasteiger partial charge in [0.15, 0.2) is 0 Å². The van der Waals surface area contributed by atoms with Crippen LogP contribution in [-0.4, -0.2) is 18.3 Å². The number of Topliss-reactive ketones (excluding diaryl/α,β-unsaturated/α-hetero) is 1. The van der Waals surface area contributed by atoms with Gasteiger partial charge in [0.05, 0.1) is 12.0 Å². The lowest BCUT2D eigenvalue weighted by Crippen LogP contribution is -2.38. The number of ketones is 1. The van der Waals surface area contributed by atoms with Crippen LogP contribution in [-0.2, 0) is 16.8 Å². The van der Waals surface area contributed by atoms with E-state index in [1.165, 1.54) is 6.42 Å². The molecular weight excluding hydrogens is 434 g/mol. The predicted octanol–water partition coefficient (Wildman–Crippen LogP) is 6.55. The molecule has 2 aromatic rings. The van der Waals surface area contributed by atoms with Crippen LogP contribution >= 0.6 is 11.6 Å². The summed E-state index contributed by atoms with van der Waals surface area (Å²) < 4.78 is 6.06. The molecule has 2 aromatic carbocycles. The van der Waals surface area contributed by atoms with Crippen molar-refractivity contribution < 1.29 is 14.3 Å². The van der Waals surface area contributed by atoms with Gasteiger partial charge in [-0.15, -0.1) is 0 Å². The number of rotatable bonds is 7. The summed E-state index contributed by atoms with van der Waals surface area (Å²) in [5.41, 5.74) is 3.60. The number of carbonyl (C=O) groups excluding carboxylic acids is 2. The fraction of sp³-hybridized carbons (Fsp3) is 0.500. The normalized spacial score (nSPS) is 22.8. The molecule has 1 aliphatic heterocycles. The smallest absolute Gasteiger partial charge is 0.251 e. The van der Waals surface area contributed by atoms with Gasteiger partial charge in [0, 0.05) is 23.6 Å². The van der Waals surface area contributed by atoms with Gasteiger partial charge in [0.2, 0.25) is 0 Å². The summed E-state index contributed by atoms with van der Waals surface area (Å²) in [6, 6.07) is 11.7. The van der Waals surface area contributed by atoms with E-state index < -0.39 is 5.41 Å². The van der Waals surface area contributed by atoms with Crippen molar-refractivity contribution in [1.82, 2.24) is 5.32 Å². The van der Waals surface area contributed by atoms with Gasteiger partial charge >= 0.3 is 0 Å². The summed E-state index contributed by atoms with van der Waals surface area (Å²) in [5.74, 6) is 1.69. The second-order valence-corrected chi connectivity index (χ2v) is 10.0. The van der Waals surface area contributed by atoms with Crippen LogP contribution in [0.2, 0.25) is 5.02 Å². The summed E-state index contributed by atoms with van der Waals surface area (Å²) in [5, 5.41) is 3.55. The van der Waals surface area contributed by atoms with Crippen molar-refractivity contribution in [2.75, 3.05) is 6.61 Å². The number of amides is 1. The van der Waals surface area contributed by atoms with E-state index >= 15 is 0 Å². The van der Waals surface area contributed by atoms with E-state index in [0.717, 1.165) is 66.5 Å². The van der Waals surface area contributed by atoms with Crippen LogP contribution in [0.3, 0.4) is 0 Å². The zero-order valence-electron chi connectivity index (χ0n) is 19.7. The lowest BCUT2D eigenvalue weighted by Gasteiger charge is -2.37. The number of fused-ring (bicyclic) bond motifs is 1. The molecular formula is C28H34ClNO3. The van der Waals surface area contributed by atoms with Gasteiger partial charge in [0.25, 0.3) is 5.91 Å². The van der Waals surface area contributed by atoms with Crippen molar-refractivity contribution in [3.8, 4) is 5.75 Å². The standard InChI is InChI=1S/C28H34ClNO3/c1-3-26(31)28(25-17-22(29)8-7-19(25)2)13-5-4-6-20(11-14-28)12-15-33-23-9-10-24-21(16-23)18-30-27(24)32/h7-10,16-17,20H,3-6,11-15,18H2,1-2H3,(H,30,32). The first kappa shape index (κ1) is 23.8. The van der Waals surface area contributed by atoms with Crippen LogP contribution in [0.1, 0.15) is 85.3 Å². The van der Waals surface area contributed by atoms with Gasteiger partial charge in [-0.1, -0.05) is 43.9 Å². The van der Waals surface area contributed by atoms with Crippen molar-refractivity contribution in [1.29, 1.82) is 0 Å². The summed E-state index contributed by atoms with van der Waals surface area (Å²) in [6.07, 6.45) is 7.69. The number of halogens is 1. The summed E-state index contributed by atoms with van der Waals surface area (Å²) in [7, 11) is 0. The van der Waals surface area contributed by atoms with Crippen molar-refractivity contribution in [2.24, 2.45) is 5.92 Å². The van der Waals surface area contributed by atoms with Crippen LogP contribution in [0.25, 0.3) is 0 Å². The highest BCUT2D eigenvalue weighted by Gasteiger charge is 2.40. The Balaban J connectivity index is 1.43. The average molecular weight is 468 g/mol. The van der Waals surface area contributed by atoms with Crippen LogP contribution in [0.15, 0.2) is 36.4 Å². The van der Waals surface area contributed by atoms with Gasteiger partial charge in [-0.2, -0.15) is 0 Å². The molecule has 1 fully saturated rings. The first-order chi connectivity index (χ1) is 15.9. The maximum atomic E-state index is 13.3. The molecule has 1 heterocycles. The quantitative estimate of drug-likeness (QED) is 0.502. The predicted molar refractivity (Wildman–Crippen MR) is 132 cm³/mol. The summed E-state index contributed by atoms with van der Waals surface area (Å²) in [4.78, 5) is 25.1. The number of hydrogen-bond acceptors (Lipinski definition) is 3.